The monoisotopic (exact) mass is 268 g/mol. The van der Waals surface area contributed by atoms with Crippen LogP contribution in [0.5, 0.6) is 0 Å². The molecule has 0 radical (unpaired) electrons. The van der Waals surface area contributed by atoms with E-state index in [2.05, 4.69) is 33.0 Å². The molecule has 6 heteroatoms. The van der Waals surface area contributed by atoms with E-state index in [1.807, 2.05) is 0 Å². The van der Waals surface area contributed by atoms with Crippen molar-refractivity contribution in [2.45, 2.75) is 39.8 Å². The molecule has 0 amide bonds. The van der Waals surface area contributed by atoms with E-state index in [9.17, 15) is 14.9 Å². The predicted molar refractivity (Wildman–Crippen MR) is 73.5 cm³/mol. The van der Waals surface area contributed by atoms with E-state index in [0.29, 0.717) is 12.1 Å². The Labute approximate surface area is 112 Å². The van der Waals surface area contributed by atoms with Gasteiger partial charge in [0.25, 0.3) is 5.69 Å². The van der Waals surface area contributed by atoms with Gasteiger partial charge >= 0.3 is 5.97 Å². The number of nitrogens with zero attached hydrogens (tertiary/aromatic N) is 1. The van der Waals surface area contributed by atoms with Crippen LogP contribution in [-0.4, -0.2) is 28.1 Å². The molecule has 1 rings (SSSR count). The number of hydrogen-bond acceptors (Lipinski definition) is 4. The van der Waals surface area contributed by atoms with Gasteiger partial charge in [-0.25, -0.2) is 4.79 Å². The Morgan fingerprint density at radius 3 is 1.95 bits per heavy atom. The molecule has 6 nitrogen and oxygen atoms in total. The summed E-state index contributed by atoms with van der Waals surface area (Å²) in [5.41, 5.74) is -0.674. The minimum atomic E-state index is -1.29. The minimum absolute atomic E-state index is 0.289. The van der Waals surface area contributed by atoms with Gasteiger partial charge in [0, 0.05) is 18.2 Å². The number of carboxylic acid groups (broad SMARTS) is 1. The normalized spacial score (nSPS) is 10.0. The Morgan fingerprint density at radius 2 is 1.68 bits per heavy atom. The lowest BCUT2D eigenvalue weighted by Crippen LogP contribution is -2.29. The van der Waals surface area contributed by atoms with E-state index in [0.717, 1.165) is 6.07 Å². The van der Waals surface area contributed by atoms with Gasteiger partial charge in [-0.05, 0) is 6.07 Å². The molecule has 0 aromatic heterocycles. The fraction of sp³-hybridized carbons (Fsp3) is 0.462. The second-order valence-electron chi connectivity index (χ2n) is 4.56. The summed E-state index contributed by atoms with van der Waals surface area (Å²) in [6, 6.07) is 6.46. The lowest BCUT2D eigenvalue weighted by molar-refractivity contribution is -0.385. The Kier molecular flexibility index (Phi) is 7.36. The molecule has 0 fully saturated rings. The standard InChI is InChI=1S/C7H5NO4.C6H15N/c9-7(10)5-3-1-2-4-6(5)8(11)12;1-5(2)7-6(3)4/h1-4H,(H,9,10);5-7H,1-4H3. The smallest absolute Gasteiger partial charge is 0.342 e. The molecule has 1 aromatic carbocycles. The molecule has 19 heavy (non-hydrogen) atoms. The van der Waals surface area contributed by atoms with Crippen LogP contribution in [0.1, 0.15) is 38.1 Å². The molecule has 0 aliphatic heterocycles. The van der Waals surface area contributed by atoms with Gasteiger partial charge in [0.2, 0.25) is 0 Å². The first kappa shape index (κ1) is 17.1. The van der Waals surface area contributed by atoms with Gasteiger partial charge in [0.15, 0.2) is 0 Å². The number of carbonyl (C=O) groups is 1. The van der Waals surface area contributed by atoms with Crippen molar-refractivity contribution < 1.29 is 14.8 Å². The third-order valence-electron chi connectivity index (χ3n) is 2.00. The predicted octanol–water partition coefficient (Wildman–Crippen LogP) is 2.69. The Morgan fingerprint density at radius 1 is 1.21 bits per heavy atom. The number of carboxylic acids is 1. The maximum atomic E-state index is 10.4. The zero-order valence-electron chi connectivity index (χ0n) is 11.6. The lowest BCUT2D eigenvalue weighted by Gasteiger charge is -2.10. The first-order chi connectivity index (χ1) is 8.75. The van der Waals surface area contributed by atoms with Crippen LogP contribution in [0.25, 0.3) is 0 Å². The van der Waals surface area contributed by atoms with Crippen molar-refractivity contribution in [1.82, 2.24) is 5.32 Å². The highest BCUT2D eigenvalue weighted by atomic mass is 16.6. The van der Waals surface area contributed by atoms with Crippen LogP contribution >= 0.6 is 0 Å². The molecular formula is C13H20N2O4. The van der Waals surface area contributed by atoms with Crippen molar-refractivity contribution in [3.63, 3.8) is 0 Å². The van der Waals surface area contributed by atoms with Crippen LogP contribution in [0.3, 0.4) is 0 Å². The molecule has 0 saturated carbocycles. The summed E-state index contributed by atoms with van der Waals surface area (Å²) in [5, 5.41) is 22.1. The zero-order chi connectivity index (χ0) is 15.0. The number of nitro benzene ring substituents is 1. The molecule has 0 saturated heterocycles. The van der Waals surface area contributed by atoms with Gasteiger partial charge in [0.1, 0.15) is 5.56 Å². The molecule has 0 aliphatic carbocycles. The summed E-state index contributed by atoms with van der Waals surface area (Å²) < 4.78 is 0. The van der Waals surface area contributed by atoms with Crippen LogP contribution in [0.15, 0.2) is 24.3 Å². The second-order valence-corrected chi connectivity index (χ2v) is 4.56. The maximum absolute atomic E-state index is 10.4. The van der Waals surface area contributed by atoms with Crippen molar-refractivity contribution in [3.05, 3.63) is 39.9 Å². The number of aromatic carboxylic acids is 1. The fourth-order valence-corrected chi connectivity index (χ4v) is 1.48. The third kappa shape index (κ3) is 7.15. The zero-order valence-corrected chi connectivity index (χ0v) is 11.6. The average molecular weight is 268 g/mol. The summed E-state index contributed by atoms with van der Waals surface area (Å²) in [4.78, 5) is 20.0. The van der Waals surface area contributed by atoms with Crippen molar-refractivity contribution in [1.29, 1.82) is 0 Å². The molecule has 0 unspecified atom stereocenters. The van der Waals surface area contributed by atoms with Gasteiger partial charge in [0.05, 0.1) is 4.92 Å². The summed E-state index contributed by atoms with van der Waals surface area (Å²) in [6.07, 6.45) is 0. The van der Waals surface area contributed by atoms with Gasteiger partial charge in [-0.1, -0.05) is 39.8 Å². The van der Waals surface area contributed by atoms with E-state index < -0.39 is 10.9 Å². The van der Waals surface area contributed by atoms with Gasteiger partial charge < -0.3 is 10.4 Å². The van der Waals surface area contributed by atoms with Crippen molar-refractivity contribution >= 4 is 11.7 Å². The average Bonchev–Trinajstić information content (AvgIpc) is 2.27. The number of rotatable bonds is 4. The summed E-state index contributed by atoms with van der Waals surface area (Å²) in [6.45, 7) is 8.61. The van der Waals surface area contributed by atoms with E-state index in [-0.39, 0.29) is 11.3 Å². The topological polar surface area (TPSA) is 92.5 Å². The number of hydrogen-bond donors (Lipinski definition) is 2. The molecule has 0 spiro atoms. The Bertz CT molecular complexity index is 391. The van der Waals surface area contributed by atoms with Gasteiger partial charge in [-0.15, -0.1) is 0 Å². The quantitative estimate of drug-likeness (QED) is 0.647. The molecule has 0 heterocycles. The molecule has 1 aromatic rings. The van der Waals surface area contributed by atoms with Crippen molar-refractivity contribution in [3.8, 4) is 0 Å². The van der Waals surface area contributed by atoms with E-state index >= 15 is 0 Å². The van der Waals surface area contributed by atoms with Crippen molar-refractivity contribution in [2.75, 3.05) is 0 Å². The van der Waals surface area contributed by atoms with Crippen LogP contribution in [-0.2, 0) is 0 Å². The molecule has 106 valence electrons. The first-order valence-electron chi connectivity index (χ1n) is 5.98. The first-order valence-corrected chi connectivity index (χ1v) is 5.98. The second kappa shape index (κ2) is 8.20. The van der Waals surface area contributed by atoms with Crippen molar-refractivity contribution in [2.24, 2.45) is 0 Å². The molecular weight excluding hydrogens is 248 g/mol. The molecule has 0 aliphatic rings. The molecule has 2 N–H and O–H groups in total. The van der Waals surface area contributed by atoms with Gasteiger partial charge in [-0.2, -0.15) is 0 Å². The largest absolute Gasteiger partial charge is 0.477 e. The Hall–Kier alpha value is -1.95. The minimum Gasteiger partial charge on any atom is -0.477 e. The number of para-hydroxylation sites is 1. The lowest BCUT2D eigenvalue weighted by atomic mass is 10.2. The van der Waals surface area contributed by atoms with Crippen LogP contribution in [0.4, 0.5) is 5.69 Å². The fourth-order valence-electron chi connectivity index (χ4n) is 1.48. The summed E-state index contributed by atoms with van der Waals surface area (Å²) >= 11 is 0. The highest BCUT2D eigenvalue weighted by molar-refractivity contribution is 5.92. The van der Waals surface area contributed by atoms with Crippen LogP contribution in [0.2, 0.25) is 0 Å². The van der Waals surface area contributed by atoms with Crippen LogP contribution < -0.4 is 5.32 Å². The number of benzene rings is 1. The molecule has 0 bridgehead atoms. The van der Waals surface area contributed by atoms with E-state index in [1.54, 1.807) is 0 Å². The number of nitrogens with one attached hydrogen (secondary N) is 1. The summed E-state index contributed by atoms with van der Waals surface area (Å²) in [5.74, 6) is -1.29. The Balaban J connectivity index is 0.000000399. The van der Waals surface area contributed by atoms with Gasteiger partial charge in [-0.3, -0.25) is 10.1 Å². The highest BCUT2D eigenvalue weighted by Gasteiger charge is 2.17. The molecule has 0 atom stereocenters. The SMILES string of the molecule is CC(C)NC(C)C.O=C(O)c1ccccc1[N+](=O)[O-]. The maximum Gasteiger partial charge on any atom is 0.342 e. The van der Waals surface area contributed by atoms with E-state index in [4.69, 9.17) is 5.11 Å². The van der Waals surface area contributed by atoms with E-state index in [1.165, 1.54) is 18.2 Å². The van der Waals surface area contributed by atoms with Crippen LogP contribution in [0, 0.1) is 10.1 Å². The number of nitro groups is 1. The third-order valence-corrected chi connectivity index (χ3v) is 2.00. The summed E-state index contributed by atoms with van der Waals surface area (Å²) in [7, 11) is 0. The highest BCUT2D eigenvalue weighted by Crippen LogP contribution is 2.16.